The number of hydrogen-bond acceptors (Lipinski definition) is 2. The maximum Gasteiger partial charge on any atom is 0.251 e. The number of hydrogen-bond donors (Lipinski definition) is 1. The lowest BCUT2D eigenvalue weighted by atomic mass is 10.2. The van der Waals surface area contributed by atoms with E-state index in [4.69, 9.17) is 0 Å². The van der Waals surface area contributed by atoms with Gasteiger partial charge in [-0.3, -0.25) is 4.79 Å². The van der Waals surface area contributed by atoms with Crippen molar-refractivity contribution < 1.29 is 0 Å². The van der Waals surface area contributed by atoms with E-state index in [1.165, 1.54) is 0 Å². The first kappa shape index (κ1) is 12.5. The second kappa shape index (κ2) is 4.99. The van der Waals surface area contributed by atoms with Crippen molar-refractivity contribution in [1.29, 1.82) is 0 Å². The van der Waals surface area contributed by atoms with E-state index in [9.17, 15) is 4.79 Å². The first-order valence-corrected chi connectivity index (χ1v) is 4.95. The number of aryl methyl sites for hydroxylation is 2. The highest BCUT2D eigenvalue weighted by molar-refractivity contribution is 5.85. The lowest BCUT2D eigenvalue weighted by Gasteiger charge is -2.07. The number of rotatable bonds is 2. The molecular weight excluding hydrogens is 226 g/mol. The van der Waals surface area contributed by atoms with Crippen LogP contribution < -0.4 is 5.56 Å². The number of pyridine rings is 1. The molecule has 2 heterocycles. The average Bonchev–Trinajstić information content (AvgIpc) is 2.71. The van der Waals surface area contributed by atoms with E-state index in [1.54, 1.807) is 10.9 Å². The fraction of sp³-hybridized carbons (Fsp3) is 0.273. The molecule has 4 nitrogen and oxygen atoms in total. The van der Waals surface area contributed by atoms with Crippen LogP contribution in [0, 0.1) is 6.92 Å². The summed E-state index contributed by atoms with van der Waals surface area (Å²) in [6, 6.07) is 3.75. The number of halogens is 1. The van der Waals surface area contributed by atoms with E-state index >= 15 is 0 Å². The molecule has 0 aliphatic carbocycles. The Kier molecular flexibility index (Phi) is 3.90. The molecule has 1 N–H and O–H groups in total. The molecule has 16 heavy (non-hydrogen) atoms. The van der Waals surface area contributed by atoms with Gasteiger partial charge in [0.1, 0.15) is 0 Å². The minimum atomic E-state index is -0.00842. The number of H-pyrrole nitrogens is 1. The highest BCUT2D eigenvalue weighted by atomic mass is 35.5. The third kappa shape index (κ3) is 2.17. The van der Waals surface area contributed by atoms with Crippen LogP contribution >= 0.6 is 12.4 Å². The molecule has 0 atom stereocenters. The monoisotopic (exact) mass is 239 g/mol. The fourth-order valence-corrected chi connectivity index (χ4v) is 1.57. The molecule has 2 aromatic rings. The lowest BCUT2D eigenvalue weighted by Crippen LogP contribution is -2.15. The molecule has 86 valence electrons. The molecule has 0 aromatic carbocycles. The van der Waals surface area contributed by atoms with Gasteiger partial charge in [-0.25, -0.2) is 4.68 Å². The van der Waals surface area contributed by atoms with Crippen molar-refractivity contribution >= 4 is 12.4 Å². The summed E-state index contributed by atoms with van der Waals surface area (Å²) in [5.74, 6) is 0. The fourth-order valence-electron chi connectivity index (χ4n) is 1.57. The van der Waals surface area contributed by atoms with Gasteiger partial charge in [-0.1, -0.05) is 6.92 Å². The minimum Gasteiger partial charge on any atom is -0.324 e. The van der Waals surface area contributed by atoms with Crippen LogP contribution in [-0.2, 0) is 6.42 Å². The molecule has 0 saturated carbocycles. The van der Waals surface area contributed by atoms with Crippen molar-refractivity contribution in [3.8, 4) is 5.69 Å². The van der Waals surface area contributed by atoms with Gasteiger partial charge < -0.3 is 4.98 Å². The van der Waals surface area contributed by atoms with Crippen LogP contribution in [0.25, 0.3) is 5.69 Å². The summed E-state index contributed by atoms with van der Waals surface area (Å²) < 4.78 is 1.75. The van der Waals surface area contributed by atoms with Crippen LogP contribution in [0.1, 0.15) is 18.2 Å². The zero-order chi connectivity index (χ0) is 10.8. The van der Waals surface area contributed by atoms with Crippen LogP contribution in [-0.4, -0.2) is 14.8 Å². The van der Waals surface area contributed by atoms with Crippen LogP contribution in [0.4, 0.5) is 0 Å². The van der Waals surface area contributed by atoms with Gasteiger partial charge >= 0.3 is 0 Å². The third-order valence-corrected chi connectivity index (χ3v) is 2.42. The number of nitrogens with zero attached hydrogens (tertiary/aromatic N) is 2. The number of nitrogens with one attached hydrogen (secondary N) is 1. The van der Waals surface area contributed by atoms with Gasteiger partial charge in [-0.2, -0.15) is 5.10 Å². The topological polar surface area (TPSA) is 50.7 Å². The van der Waals surface area contributed by atoms with E-state index in [0.717, 1.165) is 23.4 Å². The molecule has 0 spiro atoms. The van der Waals surface area contributed by atoms with Gasteiger partial charge in [0.25, 0.3) is 5.56 Å². The SMILES string of the molecule is CCc1cc(-n2cccn2)c(C)[nH]c1=O.Cl. The normalized spacial score (nSPS) is 9.88. The summed E-state index contributed by atoms with van der Waals surface area (Å²) in [6.45, 7) is 3.84. The molecule has 0 fully saturated rings. The minimum absolute atomic E-state index is 0. The molecule has 2 rings (SSSR count). The standard InChI is InChI=1S/C11H13N3O.ClH/c1-3-9-7-10(8(2)13-11(9)15)14-6-4-5-12-14;/h4-7H,3H2,1-2H3,(H,13,15);1H. The molecule has 5 heteroatoms. The van der Waals surface area contributed by atoms with Gasteiger partial charge in [-0.05, 0) is 25.5 Å². The maximum absolute atomic E-state index is 11.5. The number of aromatic nitrogens is 3. The first-order chi connectivity index (χ1) is 7.22. The van der Waals surface area contributed by atoms with E-state index in [0.29, 0.717) is 0 Å². The molecule has 0 saturated heterocycles. The summed E-state index contributed by atoms with van der Waals surface area (Å²) in [6.07, 6.45) is 4.31. The Morgan fingerprint density at radius 1 is 1.50 bits per heavy atom. The van der Waals surface area contributed by atoms with Crippen LogP contribution in [0.2, 0.25) is 0 Å². The van der Waals surface area contributed by atoms with Crippen LogP contribution in [0.5, 0.6) is 0 Å². The first-order valence-electron chi connectivity index (χ1n) is 4.95. The Morgan fingerprint density at radius 3 is 2.81 bits per heavy atom. The highest BCUT2D eigenvalue weighted by Crippen LogP contribution is 2.10. The second-order valence-corrected chi connectivity index (χ2v) is 3.44. The van der Waals surface area contributed by atoms with Gasteiger partial charge in [-0.15, -0.1) is 12.4 Å². The van der Waals surface area contributed by atoms with E-state index in [-0.39, 0.29) is 18.0 Å². The molecule has 2 aromatic heterocycles. The van der Waals surface area contributed by atoms with E-state index in [2.05, 4.69) is 10.1 Å². The van der Waals surface area contributed by atoms with Gasteiger partial charge in [0.15, 0.2) is 0 Å². The summed E-state index contributed by atoms with van der Waals surface area (Å²) in [5.41, 5.74) is 2.54. The van der Waals surface area contributed by atoms with Gasteiger partial charge in [0, 0.05) is 23.7 Å². The van der Waals surface area contributed by atoms with Crippen LogP contribution in [0.3, 0.4) is 0 Å². The molecule has 0 aliphatic heterocycles. The average molecular weight is 240 g/mol. The van der Waals surface area contributed by atoms with Gasteiger partial charge in [0.2, 0.25) is 0 Å². The molecule has 0 radical (unpaired) electrons. The van der Waals surface area contributed by atoms with Crippen molar-refractivity contribution in [2.45, 2.75) is 20.3 Å². The largest absolute Gasteiger partial charge is 0.324 e. The van der Waals surface area contributed by atoms with Crippen molar-refractivity contribution in [2.75, 3.05) is 0 Å². The zero-order valence-corrected chi connectivity index (χ0v) is 10.0. The van der Waals surface area contributed by atoms with Crippen molar-refractivity contribution in [3.63, 3.8) is 0 Å². The Bertz CT molecular complexity index is 517. The second-order valence-electron chi connectivity index (χ2n) is 3.44. The highest BCUT2D eigenvalue weighted by Gasteiger charge is 2.05. The van der Waals surface area contributed by atoms with Crippen molar-refractivity contribution in [1.82, 2.24) is 14.8 Å². The lowest BCUT2D eigenvalue weighted by molar-refractivity contribution is 0.850. The predicted octanol–water partition coefficient (Wildman–Crippen LogP) is 1.85. The Labute approximate surface area is 99.7 Å². The van der Waals surface area contributed by atoms with Crippen molar-refractivity contribution in [2.24, 2.45) is 0 Å². The molecular formula is C11H14ClN3O. The van der Waals surface area contributed by atoms with Gasteiger partial charge in [0.05, 0.1) is 5.69 Å². The van der Waals surface area contributed by atoms with E-state index < -0.39 is 0 Å². The smallest absolute Gasteiger partial charge is 0.251 e. The van der Waals surface area contributed by atoms with E-state index in [1.807, 2.05) is 32.2 Å². The molecule has 0 bridgehead atoms. The summed E-state index contributed by atoms with van der Waals surface area (Å²) in [5, 5.41) is 4.15. The molecule has 0 unspecified atom stereocenters. The Balaban J connectivity index is 0.00000128. The predicted molar refractivity (Wildman–Crippen MR) is 65.5 cm³/mol. The van der Waals surface area contributed by atoms with Crippen LogP contribution in [0.15, 0.2) is 29.3 Å². The molecule has 0 amide bonds. The quantitative estimate of drug-likeness (QED) is 0.870. The Hall–Kier alpha value is -1.55. The summed E-state index contributed by atoms with van der Waals surface area (Å²) >= 11 is 0. The summed E-state index contributed by atoms with van der Waals surface area (Å²) in [4.78, 5) is 14.3. The maximum atomic E-state index is 11.5. The zero-order valence-electron chi connectivity index (χ0n) is 9.23. The number of aromatic amines is 1. The molecule has 0 aliphatic rings. The van der Waals surface area contributed by atoms with Crippen molar-refractivity contribution in [3.05, 3.63) is 46.1 Å². The summed E-state index contributed by atoms with van der Waals surface area (Å²) in [7, 11) is 0. The third-order valence-electron chi connectivity index (χ3n) is 2.42. The Morgan fingerprint density at radius 2 is 2.25 bits per heavy atom.